The number of alkyl halides is 2. The third kappa shape index (κ3) is 2.91. The van der Waals surface area contributed by atoms with E-state index in [9.17, 15) is 13.6 Å². The van der Waals surface area contributed by atoms with E-state index in [0.717, 1.165) is 6.20 Å². The molecule has 1 atom stereocenters. The Bertz CT molecular complexity index is 365. The van der Waals surface area contributed by atoms with Gasteiger partial charge in [0.05, 0.1) is 0 Å². The van der Waals surface area contributed by atoms with Crippen LogP contribution < -0.4 is 5.73 Å². The van der Waals surface area contributed by atoms with Crippen molar-refractivity contribution >= 4 is 6.09 Å². The van der Waals surface area contributed by atoms with Gasteiger partial charge >= 0.3 is 12.6 Å². The Hall–Kier alpha value is -1.66. The van der Waals surface area contributed by atoms with E-state index in [1.807, 2.05) is 0 Å². The van der Waals surface area contributed by atoms with Crippen molar-refractivity contribution in [3.63, 3.8) is 0 Å². The van der Waals surface area contributed by atoms with Gasteiger partial charge in [0.1, 0.15) is 11.8 Å². The summed E-state index contributed by atoms with van der Waals surface area (Å²) >= 11 is 0. The molecule has 0 radical (unpaired) electrons. The molecular weight excluding hydrogens is 220 g/mol. The third-order valence-corrected chi connectivity index (χ3v) is 1.97. The summed E-state index contributed by atoms with van der Waals surface area (Å²) in [6.07, 6.45) is -0.539. The minimum Gasteiger partial charge on any atom is -0.440 e. The molecule has 0 fully saturated rings. The lowest BCUT2D eigenvalue weighted by Gasteiger charge is -2.17. The van der Waals surface area contributed by atoms with Gasteiger partial charge in [-0.05, 0) is 12.0 Å². The molecule has 2 N–H and O–H groups in total. The summed E-state index contributed by atoms with van der Waals surface area (Å²) in [6.45, 7) is 0.833. The Balaban J connectivity index is 2.88. The molecule has 0 bridgehead atoms. The van der Waals surface area contributed by atoms with Crippen molar-refractivity contribution < 1.29 is 18.3 Å². The van der Waals surface area contributed by atoms with Crippen molar-refractivity contribution in [3.8, 4) is 0 Å². The molecule has 1 aromatic rings. The predicted molar refractivity (Wildman–Crippen MR) is 51.7 cm³/mol. The summed E-state index contributed by atoms with van der Waals surface area (Å²) in [7, 11) is 0. The molecule has 1 aromatic heterocycles. The first kappa shape index (κ1) is 12.4. The zero-order valence-electron chi connectivity index (χ0n) is 8.93. The summed E-state index contributed by atoms with van der Waals surface area (Å²) in [5.41, 5.74) is 5.15. The fraction of sp³-hybridized carbons (Fsp3) is 0.556. The number of primary amides is 1. The summed E-state index contributed by atoms with van der Waals surface area (Å²) in [4.78, 5) is 10.6. The minimum atomic E-state index is -2.71. The molecule has 0 aliphatic heterocycles. The maximum atomic E-state index is 12.3. The quantitative estimate of drug-likeness (QED) is 0.865. The number of nitrogens with zero attached hydrogens (tertiary/aromatic N) is 2. The molecule has 0 aliphatic carbocycles. The van der Waals surface area contributed by atoms with Crippen LogP contribution in [-0.4, -0.2) is 15.9 Å². The van der Waals surface area contributed by atoms with Crippen LogP contribution in [0.1, 0.15) is 32.2 Å². The van der Waals surface area contributed by atoms with Gasteiger partial charge in [-0.1, -0.05) is 13.8 Å². The van der Waals surface area contributed by atoms with E-state index in [1.54, 1.807) is 13.8 Å². The van der Waals surface area contributed by atoms with Gasteiger partial charge in [-0.2, -0.15) is 13.9 Å². The second-order valence-electron chi connectivity index (χ2n) is 3.60. The van der Waals surface area contributed by atoms with Crippen LogP contribution in [0.15, 0.2) is 12.3 Å². The first-order valence-corrected chi connectivity index (χ1v) is 4.71. The Labute approximate surface area is 91.2 Å². The van der Waals surface area contributed by atoms with Crippen LogP contribution in [0, 0.1) is 5.92 Å². The molecule has 90 valence electrons. The summed E-state index contributed by atoms with van der Waals surface area (Å²) < 4.78 is 29.9. The van der Waals surface area contributed by atoms with E-state index < -0.39 is 18.7 Å². The second-order valence-corrected chi connectivity index (χ2v) is 3.60. The molecule has 1 heterocycles. The van der Waals surface area contributed by atoms with Crippen LogP contribution in [0.4, 0.5) is 13.6 Å². The lowest BCUT2D eigenvalue weighted by Crippen LogP contribution is -2.21. The molecule has 0 saturated heterocycles. The average molecular weight is 233 g/mol. The SMILES string of the molecule is CC(C)C(OC(N)=O)c1ccn(C(F)F)n1. The van der Waals surface area contributed by atoms with Crippen molar-refractivity contribution in [2.45, 2.75) is 26.5 Å². The topological polar surface area (TPSA) is 70.1 Å². The lowest BCUT2D eigenvalue weighted by molar-refractivity contribution is 0.0504. The number of halogens is 2. The highest BCUT2D eigenvalue weighted by molar-refractivity contribution is 5.64. The largest absolute Gasteiger partial charge is 0.440 e. The monoisotopic (exact) mass is 233 g/mol. The summed E-state index contributed by atoms with van der Waals surface area (Å²) in [5, 5.41) is 3.62. The number of hydrogen-bond donors (Lipinski definition) is 1. The zero-order chi connectivity index (χ0) is 12.3. The normalized spacial score (nSPS) is 13.1. The molecule has 1 unspecified atom stereocenters. The van der Waals surface area contributed by atoms with E-state index in [1.165, 1.54) is 6.07 Å². The first-order chi connectivity index (χ1) is 7.41. The highest BCUT2D eigenvalue weighted by atomic mass is 19.3. The third-order valence-electron chi connectivity index (χ3n) is 1.97. The predicted octanol–water partition coefficient (Wildman–Crippen LogP) is 2.07. The molecule has 7 heteroatoms. The Morgan fingerprint density at radius 2 is 2.19 bits per heavy atom. The molecule has 1 rings (SSSR count). The van der Waals surface area contributed by atoms with Crippen molar-refractivity contribution in [2.24, 2.45) is 11.7 Å². The zero-order valence-corrected chi connectivity index (χ0v) is 8.93. The van der Waals surface area contributed by atoms with Gasteiger partial charge in [-0.3, -0.25) is 0 Å². The van der Waals surface area contributed by atoms with Gasteiger partial charge in [-0.15, -0.1) is 0 Å². The van der Waals surface area contributed by atoms with E-state index in [2.05, 4.69) is 5.10 Å². The highest BCUT2D eigenvalue weighted by Gasteiger charge is 2.23. The molecule has 16 heavy (non-hydrogen) atoms. The highest BCUT2D eigenvalue weighted by Crippen LogP contribution is 2.25. The molecule has 5 nitrogen and oxygen atoms in total. The molecule has 0 aromatic carbocycles. The molecule has 0 spiro atoms. The van der Waals surface area contributed by atoms with Crippen molar-refractivity contribution in [1.29, 1.82) is 0 Å². The van der Waals surface area contributed by atoms with Crippen LogP contribution in [0.5, 0.6) is 0 Å². The van der Waals surface area contributed by atoms with Crippen LogP contribution in [-0.2, 0) is 4.74 Å². The van der Waals surface area contributed by atoms with Crippen LogP contribution >= 0.6 is 0 Å². The van der Waals surface area contributed by atoms with Gasteiger partial charge in [0, 0.05) is 6.20 Å². The van der Waals surface area contributed by atoms with E-state index in [4.69, 9.17) is 10.5 Å². The lowest BCUT2D eigenvalue weighted by atomic mass is 10.0. The van der Waals surface area contributed by atoms with Crippen molar-refractivity contribution in [2.75, 3.05) is 0 Å². The van der Waals surface area contributed by atoms with Crippen molar-refractivity contribution in [1.82, 2.24) is 9.78 Å². The van der Waals surface area contributed by atoms with Gasteiger partial charge in [0.25, 0.3) is 0 Å². The second kappa shape index (κ2) is 4.91. The summed E-state index contributed by atoms with van der Waals surface area (Å²) in [6, 6.07) is 1.37. The van der Waals surface area contributed by atoms with Crippen LogP contribution in [0.25, 0.3) is 0 Å². The maximum absolute atomic E-state index is 12.3. The number of nitrogens with two attached hydrogens (primary N) is 1. The average Bonchev–Trinajstić information content (AvgIpc) is 2.61. The number of ether oxygens (including phenoxy) is 1. The Kier molecular flexibility index (Phi) is 3.81. The number of carbonyl (C=O) groups excluding carboxylic acids is 1. The Morgan fingerprint density at radius 1 is 1.56 bits per heavy atom. The van der Waals surface area contributed by atoms with E-state index in [0.29, 0.717) is 4.68 Å². The number of hydrogen-bond acceptors (Lipinski definition) is 3. The van der Waals surface area contributed by atoms with Gasteiger partial charge < -0.3 is 10.5 Å². The van der Waals surface area contributed by atoms with Gasteiger partial charge in [0.2, 0.25) is 0 Å². The molecule has 1 amide bonds. The summed E-state index contributed by atoms with van der Waals surface area (Å²) in [5.74, 6) is -0.103. The van der Waals surface area contributed by atoms with Gasteiger partial charge in [-0.25, -0.2) is 9.48 Å². The number of rotatable bonds is 4. The number of carbonyl (C=O) groups is 1. The van der Waals surface area contributed by atoms with Crippen LogP contribution in [0.2, 0.25) is 0 Å². The fourth-order valence-electron chi connectivity index (χ4n) is 1.28. The molecule has 0 aliphatic rings. The molecule has 0 saturated carbocycles. The van der Waals surface area contributed by atoms with Crippen LogP contribution in [0.3, 0.4) is 0 Å². The number of amides is 1. The van der Waals surface area contributed by atoms with Gasteiger partial charge in [0.15, 0.2) is 0 Å². The van der Waals surface area contributed by atoms with E-state index >= 15 is 0 Å². The number of aromatic nitrogens is 2. The first-order valence-electron chi connectivity index (χ1n) is 4.71. The Morgan fingerprint density at radius 3 is 2.56 bits per heavy atom. The minimum absolute atomic E-state index is 0.103. The maximum Gasteiger partial charge on any atom is 0.405 e. The van der Waals surface area contributed by atoms with Crippen molar-refractivity contribution in [3.05, 3.63) is 18.0 Å². The van der Waals surface area contributed by atoms with E-state index in [-0.39, 0.29) is 11.6 Å². The standard InChI is InChI=1S/C9H13F2N3O2/c1-5(2)7(16-9(12)15)6-3-4-14(13-6)8(10)11/h3-5,7-8H,1-2H3,(H2,12,15). The molecular formula is C9H13F2N3O2. The fourth-order valence-corrected chi connectivity index (χ4v) is 1.28. The smallest absolute Gasteiger partial charge is 0.405 e.